The number of nitrogens with zero attached hydrogens (tertiary/aromatic N) is 3. The molecule has 7 nitrogen and oxygen atoms in total. The molecule has 1 N–H and O–H groups in total. The number of hydrogen-bond donors (Lipinski definition) is 1. The smallest absolute Gasteiger partial charge is 0.234 e. The molecule has 170 valence electrons. The fourth-order valence-electron chi connectivity index (χ4n) is 2.95. The molecule has 0 atom stereocenters. The zero-order chi connectivity index (χ0) is 23.3. The second kappa shape index (κ2) is 10.9. The van der Waals surface area contributed by atoms with Gasteiger partial charge >= 0.3 is 0 Å². The summed E-state index contributed by atoms with van der Waals surface area (Å²) in [7, 11) is 3.02. The van der Waals surface area contributed by atoms with Crippen molar-refractivity contribution >= 4 is 46.3 Å². The van der Waals surface area contributed by atoms with E-state index in [-0.39, 0.29) is 11.7 Å². The summed E-state index contributed by atoms with van der Waals surface area (Å²) >= 11 is 9.14. The Bertz CT molecular complexity index is 1110. The summed E-state index contributed by atoms with van der Waals surface area (Å²) in [4.78, 5) is 13.9. The molecule has 0 aliphatic heterocycles. The van der Waals surface area contributed by atoms with Crippen LogP contribution in [0.2, 0.25) is 5.02 Å². The number of thiophene rings is 1. The average molecular weight is 493 g/mol. The molecule has 32 heavy (non-hydrogen) atoms. The van der Waals surface area contributed by atoms with Gasteiger partial charge in [0.2, 0.25) is 5.91 Å². The van der Waals surface area contributed by atoms with Crippen LogP contribution in [0.5, 0.6) is 11.5 Å². The lowest BCUT2D eigenvalue weighted by Crippen LogP contribution is -2.15. The third kappa shape index (κ3) is 5.46. The first-order valence-corrected chi connectivity index (χ1v) is 12.1. The van der Waals surface area contributed by atoms with Crippen molar-refractivity contribution in [3.8, 4) is 22.9 Å². The number of benzene rings is 1. The van der Waals surface area contributed by atoms with Gasteiger partial charge < -0.3 is 14.8 Å². The maximum atomic E-state index is 12.6. The van der Waals surface area contributed by atoms with Gasteiger partial charge in [0.05, 0.1) is 30.7 Å². The van der Waals surface area contributed by atoms with Gasteiger partial charge in [-0.25, -0.2) is 0 Å². The molecule has 0 saturated carbocycles. The number of amides is 1. The molecule has 0 bridgehead atoms. The van der Waals surface area contributed by atoms with Crippen LogP contribution >= 0.6 is 34.7 Å². The van der Waals surface area contributed by atoms with Crippen LogP contribution in [0.1, 0.15) is 24.6 Å². The number of anilines is 1. The fraction of sp³-hybridized carbons (Fsp3) is 0.318. The number of halogens is 1. The number of carbonyl (C=O) groups excluding carboxylic acids is 1. The number of rotatable bonds is 10. The minimum atomic E-state index is -0.218. The molecule has 3 rings (SSSR count). The van der Waals surface area contributed by atoms with Crippen molar-refractivity contribution in [2.24, 2.45) is 0 Å². The summed E-state index contributed by atoms with van der Waals surface area (Å²) in [5.41, 5.74) is 1.49. The van der Waals surface area contributed by atoms with E-state index in [1.54, 1.807) is 29.5 Å². The highest BCUT2D eigenvalue weighted by atomic mass is 35.5. The normalized spacial score (nSPS) is 10.9. The van der Waals surface area contributed by atoms with Crippen molar-refractivity contribution in [3.05, 3.63) is 46.1 Å². The Labute approximate surface area is 200 Å². The van der Waals surface area contributed by atoms with Crippen molar-refractivity contribution in [3.63, 3.8) is 0 Å². The molecular formula is C22H25ClN4O3S2. The minimum absolute atomic E-state index is 0.143. The maximum absolute atomic E-state index is 12.6. The molecule has 0 unspecified atom stereocenters. The molecule has 0 aliphatic carbocycles. The Kier molecular flexibility index (Phi) is 8.22. The third-order valence-corrected chi connectivity index (χ3v) is 7.05. The summed E-state index contributed by atoms with van der Waals surface area (Å²) in [6.45, 7) is 8.71. The van der Waals surface area contributed by atoms with Gasteiger partial charge in [0, 0.05) is 34.5 Å². The topological polar surface area (TPSA) is 78.3 Å². The van der Waals surface area contributed by atoms with Crippen LogP contribution in [-0.4, -0.2) is 40.6 Å². The monoisotopic (exact) mass is 492 g/mol. The summed E-state index contributed by atoms with van der Waals surface area (Å²) in [5.74, 6) is 2.03. The highest BCUT2D eigenvalue weighted by Gasteiger charge is 2.18. The van der Waals surface area contributed by atoms with Crippen molar-refractivity contribution in [1.29, 1.82) is 0 Å². The first-order chi connectivity index (χ1) is 15.4. The highest BCUT2D eigenvalue weighted by molar-refractivity contribution is 7.99. The van der Waals surface area contributed by atoms with Crippen LogP contribution in [0.25, 0.3) is 11.4 Å². The lowest BCUT2D eigenvalue weighted by molar-refractivity contribution is -0.113. The molecule has 1 amide bonds. The molecule has 0 spiro atoms. The van der Waals surface area contributed by atoms with Gasteiger partial charge in [-0.15, -0.1) is 28.1 Å². The predicted octanol–water partition coefficient (Wildman–Crippen LogP) is 5.72. The van der Waals surface area contributed by atoms with E-state index in [9.17, 15) is 4.79 Å². The Balaban J connectivity index is 1.75. The molecule has 0 fully saturated rings. The van der Waals surface area contributed by atoms with Crippen molar-refractivity contribution in [2.45, 2.75) is 31.5 Å². The second-order valence-electron chi connectivity index (χ2n) is 7.12. The van der Waals surface area contributed by atoms with Gasteiger partial charge in [-0.1, -0.05) is 43.3 Å². The molecular weight excluding hydrogens is 468 g/mol. The van der Waals surface area contributed by atoms with E-state index in [0.29, 0.717) is 39.8 Å². The summed E-state index contributed by atoms with van der Waals surface area (Å²) < 4.78 is 12.5. The van der Waals surface area contributed by atoms with Crippen molar-refractivity contribution < 1.29 is 14.3 Å². The van der Waals surface area contributed by atoms with Crippen LogP contribution in [-0.2, 0) is 11.3 Å². The summed E-state index contributed by atoms with van der Waals surface area (Å²) in [5, 5.41) is 14.6. The van der Waals surface area contributed by atoms with Gasteiger partial charge in [-0.2, -0.15) is 0 Å². The zero-order valence-electron chi connectivity index (χ0n) is 18.3. The van der Waals surface area contributed by atoms with E-state index in [1.807, 2.05) is 4.57 Å². The summed E-state index contributed by atoms with van der Waals surface area (Å²) in [6, 6.07) is 5.37. The van der Waals surface area contributed by atoms with E-state index in [1.165, 1.54) is 30.9 Å². The minimum Gasteiger partial charge on any atom is -0.495 e. The van der Waals surface area contributed by atoms with Gasteiger partial charge in [0.1, 0.15) is 11.5 Å². The summed E-state index contributed by atoms with van der Waals surface area (Å²) in [6.07, 6.45) is 1.79. The van der Waals surface area contributed by atoms with E-state index in [2.05, 4.69) is 47.4 Å². The number of carbonyl (C=O) groups is 1. The van der Waals surface area contributed by atoms with Crippen molar-refractivity contribution in [1.82, 2.24) is 14.8 Å². The third-order valence-electron chi connectivity index (χ3n) is 4.56. The Morgan fingerprint density at radius 3 is 2.66 bits per heavy atom. The van der Waals surface area contributed by atoms with Gasteiger partial charge in [-0.3, -0.25) is 9.36 Å². The number of hydrogen-bond acceptors (Lipinski definition) is 7. The highest BCUT2D eigenvalue weighted by Crippen LogP contribution is 2.36. The Morgan fingerprint density at radius 1 is 1.28 bits per heavy atom. The number of aromatic nitrogens is 3. The van der Waals surface area contributed by atoms with Crippen LogP contribution in [0.15, 0.2) is 41.4 Å². The number of thioether (sulfide) groups is 1. The molecule has 3 aromatic rings. The van der Waals surface area contributed by atoms with Crippen LogP contribution in [0.3, 0.4) is 0 Å². The second-order valence-corrected chi connectivity index (χ2v) is 9.41. The quantitative estimate of drug-likeness (QED) is 0.288. The first-order valence-electron chi connectivity index (χ1n) is 9.85. The molecule has 0 saturated heterocycles. The molecule has 0 aliphatic rings. The molecule has 10 heteroatoms. The fourth-order valence-corrected chi connectivity index (χ4v) is 4.83. The van der Waals surface area contributed by atoms with Gasteiger partial charge in [0.25, 0.3) is 0 Å². The molecule has 1 aromatic carbocycles. The average Bonchev–Trinajstić information content (AvgIpc) is 3.41. The van der Waals surface area contributed by atoms with E-state index in [0.717, 1.165) is 11.4 Å². The van der Waals surface area contributed by atoms with Gasteiger partial charge in [-0.05, 0) is 12.0 Å². The van der Waals surface area contributed by atoms with Crippen LogP contribution in [0.4, 0.5) is 5.69 Å². The maximum Gasteiger partial charge on any atom is 0.234 e. The number of methoxy groups -OCH3 is 2. The van der Waals surface area contributed by atoms with E-state index in [4.69, 9.17) is 21.1 Å². The number of nitrogens with one attached hydrogen (secondary N) is 1. The first kappa shape index (κ1) is 24.2. The lowest BCUT2D eigenvalue weighted by atomic mass is 10.1. The number of ether oxygens (including phenoxy) is 2. The van der Waals surface area contributed by atoms with Crippen LogP contribution in [0, 0.1) is 0 Å². The van der Waals surface area contributed by atoms with E-state index >= 15 is 0 Å². The van der Waals surface area contributed by atoms with E-state index < -0.39 is 0 Å². The largest absolute Gasteiger partial charge is 0.495 e. The lowest BCUT2D eigenvalue weighted by Gasteiger charge is -2.13. The molecule has 0 radical (unpaired) electrons. The standard InChI is InChI=1S/C22H25ClN4O3S2/c1-6-7-27-21(14-8-19(13(2)3)31-11-14)25-26-22(27)32-12-20(28)24-16-10-17(29-4)15(23)9-18(16)30-5/h6,8-11,13H,1,7,12H2,2-5H3,(H,24,28). The van der Waals surface area contributed by atoms with Crippen LogP contribution < -0.4 is 14.8 Å². The molecule has 2 aromatic heterocycles. The SMILES string of the molecule is C=CCn1c(SCC(=O)Nc2cc(OC)c(Cl)cc2OC)nnc1-c1csc(C(C)C)c1. The number of allylic oxidation sites excluding steroid dienone is 1. The molecule has 2 heterocycles. The van der Waals surface area contributed by atoms with Crippen molar-refractivity contribution in [2.75, 3.05) is 25.3 Å². The Hall–Kier alpha value is -2.49. The van der Waals surface area contributed by atoms with Gasteiger partial charge in [0.15, 0.2) is 11.0 Å². The zero-order valence-corrected chi connectivity index (χ0v) is 20.7. The Morgan fingerprint density at radius 2 is 2.03 bits per heavy atom. The predicted molar refractivity (Wildman–Crippen MR) is 132 cm³/mol.